The van der Waals surface area contributed by atoms with E-state index in [-0.39, 0.29) is 0 Å². The summed E-state index contributed by atoms with van der Waals surface area (Å²) in [5.41, 5.74) is 4.62. The van der Waals surface area contributed by atoms with E-state index in [9.17, 15) is 0 Å². The Hall–Kier alpha value is -3.00. The lowest BCUT2D eigenvalue weighted by Crippen LogP contribution is -1.99. The van der Waals surface area contributed by atoms with Crippen LogP contribution in [0.3, 0.4) is 0 Å². The smallest absolute Gasteiger partial charge is 0.154 e. The van der Waals surface area contributed by atoms with E-state index in [1.54, 1.807) is 6.21 Å². The average Bonchev–Trinajstić information content (AvgIpc) is 2.67. The first-order chi connectivity index (χ1) is 11.9. The van der Waals surface area contributed by atoms with Gasteiger partial charge in [0.2, 0.25) is 0 Å². The standard InChI is InChI=1S/C22H20N2/c1-2-23-22(24-17-18-9-5-3-6-10-18)21-15-13-20(14-16-21)19-11-7-4-8-12-19/h2-16H,17H2,1H3. The summed E-state index contributed by atoms with van der Waals surface area (Å²) in [6.07, 6.45) is 1.79. The lowest BCUT2D eigenvalue weighted by atomic mass is 10.0. The van der Waals surface area contributed by atoms with Crippen LogP contribution in [0.1, 0.15) is 18.1 Å². The first-order valence-corrected chi connectivity index (χ1v) is 8.10. The van der Waals surface area contributed by atoms with Gasteiger partial charge in [-0.2, -0.15) is 0 Å². The van der Waals surface area contributed by atoms with E-state index in [4.69, 9.17) is 0 Å². The molecule has 24 heavy (non-hydrogen) atoms. The molecule has 0 aliphatic carbocycles. The van der Waals surface area contributed by atoms with Gasteiger partial charge in [-0.3, -0.25) is 4.99 Å². The molecule has 0 fully saturated rings. The zero-order valence-corrected chi connectivity index (χ0v) is 13.8. The molecular weight excluding hydrogens is 292 g/mol. The van der Waals surface area contributed by atoms with Crippen molar-refractivity contribution >= 4 is 12.1 Å². The Morgan fingerprint density at radius 2 is 1.33 bits per heavy atom. The van der Waals surface area contributed by atoms with E-state index in [0.29, 0.717) is 6.54 Å². The molecule has 0 amide bonds. The van der Waals surface area contributed by atoms with E-state index < -0.39 is 0 Å². The minimum atomic E-state index is 0.633. The van der Waals surface area contributed by atoms with Gasteiger partial charge in [-0.05, 0) is 23.6 Å². The summed E-state index contributed by atoms with van der Waals surface area (Å²) in [4.78, 5) is 9.11. The van der Waals surface area contributed by atoms with Crippen molar-refractivity contribution in [3.05, 3.63) is 96.1 Å². The fourth-order valence-corrected chi connectivity index (χ4v) is 2.52. The van der Waals surface area contributed by atoms with Gasteiger partial charge in [-0.25, -0.2) is 4.99 Å². The Morgan fingerprint density at radius 1 is 0.750 bits per heavy atom. The third kappa shape index (κ3) is 4.05. The maximum Gasteiger partial charge on any atom is 0.154 e. The molecular formula is C22H20N2. The molecule has 0 N–H and O–H groups in total. The van der Waals surface area contributed by atoms with Gasteiger partial charge in [-0.1, -0.05) is 84.9 Å². The van der Waals surface area contributed by atoms with E-state index in [2.05, 4.69) is 70.6 Å². The van der Waals surface area contributed by atoms with Gasteiger partial charge in [0.1, 0.15) is 0 Å². The highest BCUT2D eigenvalue weighted by atomic mass is 14.9. The average molecular weight is 312 g/mol. The van der Waals surface area contributed by atoms with E-state index in [0.717, 1.165) is 11.4 Å². The van der Waals surface area contributed by atoms with E-state index in [1.807, 2.05) is 31.2 Å². The summed E-state index contributed by atoms with van der Waals surface area (Å²) < 4.78 is 0. The molecule has 0 bridgehead atoms. The molecule has 3 aromatic carbocycles. The quantitative estimate of drug-likeness (QED) is 0.456. The van der Waals surface area contributed by atoms with Crippen LogP contribution in [0, 0.1) is 0 Å². The van der Waals surface area contributed by atoms with Crippen LogP contribution in [0.2, 0.25) is 0 Å². The highest BCUT2D eigenvalue weighted by Crippen LogP contribution is 2.19. The van der Waals surface area contributed by atoms with Crippen molar-refractivity contribution in [1.82, 2.24) is 0 Å². The second-order valence-corrected chi connectivity index (χ2v) is 5.46. The zero-order chi connectivity index (χ0) is 16.6. The summed E-state index contributed by atoms with van der Waals surface area (Å²) in [5.74, 6) is 0.765. The van der Waals surface area contributed by atoms with Crippen LogP contribution in [0.4, 0.5) is 0 Å². The van der Waals surface area contributed by atoms with Gasteiger partial charge in [0.05, 0.1) is 6.54 Å². The monoisotopic (exact) mass is 312 g/mol. The first-order valence-electron chi connectivity index (χ1n) is 8.10. The summed E-state index contributed by atoms with van der Waals surface area (Å²) in [7, 11) is 0. The summed E-state index contributed by atoms with van der Waals surface area (Å²) in [6.45, 7) is 2.55. The number of rotatable bonds is 4. The molecule has 2 nitrogen and oxygen atoms in total. The third-order valence-corrected chi connectivity index (χ3v) is 3.76. The minimum Gasteiger partial charge on any atom is -0.261 e. The maximum absolute atomic E-state index is 4.68. The van der Waals surface area contributed by atoms with Crippen LogP contribution in [-0.4, -0.2) is 12.1 Å². The summed E-state index contributed by atoms with van der Waals surface area (Å²) in [6, 6.07) is 29.0. The Labute approximate surface area is 143 Å². The van der Waals surface area contributed by atoms with Gasteiger partial charge < -0.3 is 0 Å². The molecule has 0 aromatic heterocycles. The van der Waals surface area contributed by atoms with Crippen molar-refractivity contribution < 1.29 is 0 Å². The van der Waals surface area contributed by atoms with Crippen LogP contribution >= 0.6 is 0 Å². The second-order valence-electron chi connectivity index (χ2n) is 5.46. The number of hydrogen-bond acceptors (Lipinski definition) is 1. The molecule has 0 radical (unpaired) electrons. The molecule has 2 heteroatoms. The van der Waals surface area contributed by atoms with Crippen molar-refractivity contribution in [2.24, 2.45) is 9.98 Å². The molecule has 0 aliphatic heterocycles. The van der Waals surface area contributed by atoms with Crippen molar-refractivity contribution in [1.29, 1.82) is 0 Å². The molecule has 3 aromatic rings. The minimum absolute atomic E-state index is 0.633. The summed E-state index contributed by atoms with van der Waals surface area (Å²) >= 11 is 0. The van der Waals surface area contributed by atoms with Crippen molar-refractivity contribution in [3.8, 4) is 11.1 Å². The van der Waals surface area contributed by atoms with Gasteiger partial charge in [0.15, 0.2) is 5.84 Å². The Kier molecular flexibility index (Phi) is 5.31. The molecule has 0 saturated heterocycles. The predicted molar refractivity (Wildman–Crippen MR) is 103 cm³/mol. The number of hydrogen-bond donors (Lipinski definition) is 0. The molecule has 0 atom stereocenters. The zero-order valence-electron chi connectivity index (χ0n) is 13.8. The predicted octanol–water partition coefficient (Wildman–Crippen LogP) is 5.39. The molecule has 0 heterocycles. The largest absolute Gasteiger partial charge is 0.261 e. The molecule has 118 valence electrons. The Morgan fingerprint density at radius 3 is 1.96 bits per heavy atom. The van der Waals surface area contributed by atoms with Crippen LogP contribution in [0.5, 0.6) is 0 Å². The van der Waals surface area contributed by atoms with Crippen molar-refractivity contribution in [2.75, 3.05) is 0 Å². The Balaban J connectivity index is 1.84. The molecule has 0 unspecified atom stereocenters. The van der Waals surface area contributed by atoms with Crippen LogP contribution < -0.4 is 0 Å². The van der Waals surface area contributed by atoms with Gasteiger partial charge in [0, 0.05) is 11.8 Å². The fourth-order valence-electron chi connectivity index (χ4n) is 2.52. The first kappa shape index (κ1) is 15.9. The highest BCUT2D eigenvalue weighted by Gasteiger charge is 2.03. The number of nitrogens with zero attached hydrogens (tertiary/aromatic N) is 2. The normalized spacial score (nSPS) is 11.8. The van der Waals surface area contributed by atoms with Crippen LogP contribution in [-0.2, 0) is 6.54 Å². The van der Waals surface area contributed by atoms with Crippen molar-refractivity contribution in [3.63, 3.8) is 0 Å². The van der Waals surface area contributed by atoms with Crippen LogP contribution in [0.15, 0.2) is 94.9 Å². The van der Waals surface area contributed by atoms with E-state index in [1.165, 1.54) is 16.7 Å². The second kappa shape index (κ2) is 8.02. The number of aliphatic imine (C=N–C) groups is 2. The lowest BCUT2D eigenvalue weighted by molar-refractivity contribution is 1.06. The van der Waals surface area contributed by atoms with Crippen molar-refractivity contribution in [2.45, 2.75) is 13.5 Å². The fraction of sp³-hybridized carbons (Fsp3) is 0.0909. The SMILES string of the molecule is CC=NC(=NCc1ccccc1)c1ccc(-c2ccccc2)cc1. The number of benzene rings is 3. The molecule has 0 aliphatic rings. The molecule has 3 rings (SSSR count). The van der Waals surface area contributed by atoms with E-state index >= 15 is 0 Å². The lowest BCUT2D eigenvalue weighted by Gasteiger charge is -2.05. The molecule has 0 spiro atoms. The Bertz CT molecular complexity index is 817. The maximum atomic E-state index is 4.68. The van der Waals surface area contributed by atoms with Crippen LogP contribution in [0.25, 0.3) is 11.1 Å². The highest BCUT2D eigenvalue weighted by molar-refractivity contribution is 6.03. The molecule has 0 saturated carbocycles. The van der Waals surface area contributed by atoms with Gasteiger partial charge >= 0.3 is 0 Å². The third-order valence-electron chi connectivity index (χ3n) is 3.76. The summed E-state index contributed by atoms with van der Waals surface area (Å²) in [5, 5.41) is 0. The topological polar surface area (TPSA) is 24.7 Å². The number of amidine groups is 1. The van der Waals surface area contributed by atoms with Gasteiger partial charge in [0.25, 0.3) is 0 Å². The van der Waals surface area contributed by atoms with Gasteiger partial charge in [-0.15, -0.1) is 0 Å².